The van der Waals surface area contributed by atoms with E-state index >= 15 is 0 Å². The SMILES string of the molecule is CCOc1ccc([C@H]2NC(=O)NC(CN3CCC(C(N)=O)CC3)=C2C(=O)OC)cc1. The molecular formula is C21H28N4O5. The minimum atomic E-state index is -0.639. The Balaban J connectivity index is 1.86. The number of esters is 1. The van der Waals surface area contributed by atoms with Gasteiger partial charge in [0.2, 0.25) is 5.91 Å². The number of piperidine rings is 1. The Hall–Kier alpha value is -3.07. The minimum Gasteiger partial charge on any atom is -0.494 e. The van der Waals surface area contributed by atoms with Crippen molar-refractivity contribution in [1.29, 1.82) is 0 Å². The summed E-state index contributed by atoms with van der Waals surface area (Å²) in [6.07, 6.45) is 1.31. The van der Waals surface area contributed by atoms with E-state index in [9.17, 15) is 14.4 Å². The molecule has 3 amide bonds. The molecule has 30 heavy (non-hydrogen) atoms. The number of amides is 3. The topological polar surface area (TPSA) is 123 Å². The highest BCUT2D eigenvalue weighted by Crippen LogP contribution is 2.30. The summed E-state index contributed by atoms with van der Waals surface area (Å²) in [5.74, 6) is -0.213. The molecule has 1 atom stereocenters. The van der Waals surface area contributed by atoms with Crippen molar-refractivity contribution < 1.29 is 23.9 Å². The number of carbonyl (C=O) groups is 3. The van der Waals surface area contributed by atoms with Gasteiger partial charge in [-0.1, -0.05) is 12.1 Å². The van der Waals surface area contributed by atoms with Crippen LogP contribution in [0.3, 0.4) is 0 Å². The highest BCUT2D eigenvalue weighted by Gasteiger charge is 2.34. The fourth-order valence-corrected chi connectivity index (χ4v) is 3.87. The molecule has 2 aliphatic rings. The summed E-state index contributed by atoms with van der Waals surface area (Å²) < 4.78 is 10.5. The fraction of sp³-hybridized carbons (Fsp3) is 0.476. The van der Waals surface area contributed by atoms with Crippen molar-refractivity contribution >= 4 is 17.9 Å². The zero-order valence-electron chi connectivity index (χ0n) is 17.3. The van der Waals surface area contributed by atoms with Crippen molar-refractivity contribution in [3.63, 3.8) is 0 Å². The number of ether oxygens (including phenoxy) is 2. The smallest absolute Gasteiger partial charge is 0.338 e. The van der Waals surface area contributed by atoms with Crippen molar-refractivity contribution in [3.8, 4) is 5.75 Å². The highest BCUT2D eigenvalue weighted by atomic mass is 16.5. The van der Waals surface area contributed by atoms with E-state index in [4.69, 9.17) is 15.2 Å². The van der Waals surface area contributed by atoms with Gasteiger partial charge in [-0.05, 0) is 50.6 Å². The normalized spacial score (nSPS) is 20.3. The molecule has 9 nitrogen and oxygen atoms in total. The number of benzene rings is 1. The molecule has 2 heterocycles. The number of likely N-dealkylation sites (tertiary alicyclic amines) is 1. The quantitative estimate of drug-likeness (QED) is 0.571. The van der Waals surface area contributed by atoms with Crippen LogP contribution in [0.15, 0.2) is 35.5 Å². The van der Waals surface area contributed by atoms with Crippen molar-refractivity contribution in [2.45, 2.75) is 25.8 Å². The number of methoxy groups -OCH3 is 1. The van der Waals surface area contributed by atoms with Crippen LogP contribution in [-0.4, -0.2) is 56.2 Å². The summed E-state index contributed by atoms with van der Waals surface area (Å²) >= 11 is 0. The van der Waals surface area contributed by atoms with E-state index in [1.165, 1.54) is 7.11 Å². The summed E-state index contributed by atoms with van der Waals surface area (Å²) in [5, 5.41) is 5.57. The molecular weight excluding hydrogens is 388 g/mol. The van der Waals surface area contributed by atoms with E-state index in [0.717, 1.165) is 5.56 Å². The largest absolute Gasteiger partial charge is 0.494 e. The molecule has 1 aromatic rings. The standard InChI is InChI=1S/C21H28N4O5/c1-3-30-15-6-4-13(5-7-15)18-17(20(27)29-2)16(23-21(28)24-18)12-25-10-8-14(9-11-25)19(22)26/h4-7,14,18H,3,8-12H2,1-2H3,(H2,22,26)(H2,23,24,28)/t18-/m1/s1. The molecule has 1 aromatic carbocycles. The fourth-order valence-electron chi connectivity index (χ4n) is 3.87. The lowest BCUT2D eigenvalue weighted by Gasteiger charge is -2.34. The number of rotatable bonds is 7. The van der Waals surface area contributed by atoms with E-state index in [1.54, 1.807) is 12.1 Å². The molecule has 3 rings (SSSR count). The first kappa shape index (κ1) is 21.6. The maximum atomic E-state index is 12.6. The Morgan fingerprint density at radius 1 is 1.20 bits per heavy atom. The van der Waals surface area contributed by atoms with Crippen LogP contribution in [0.2, 0.25) is 0 Å². The van der Waals surface area contributed by atoms with E-state index in [0.29, 0.717) is 56.1 Å². The van der Waals surface area contributed by atoms with Gasteiger partial charge in [-0.2, -0.15) is 0 Å². The number of nitrogens with one attached hydrogen (secondary N) is 2. The Morgan fingerprint density at radius 2 is 1.87 bits per heavy atom. The van der Waals surface area contributed by atoms with Gasteiger partial charge in [0.25, 0.3) is 0 Å². The van der Waals surface area contributed by atoms with Crippen LogP contribution in [-0.2, 0) is 14.3 Å². The summed E-state index contributed by atoms with van der Waals surface area (Å²) in [6, 6.07) is 6.22. The number of primary amides is 1. The number of hydrogen-bond acceptors (Lipinski definition) is 6. The van der Waals surface area contributed by atoms with Gasteiger partial charge in [-0.25, -0.2) is 9.59 Å². The van der Waals surface area contributed by atoms with Gasteiger partial charge in [-0.3, -0.25) is 9.69 Å². The lowest BCUT2D eigenvalue weighted by atomic mass is 9.93. The second-order valence-electron chi connectivity index (χ2n) is 7.37. The molecule has 0 bridgehead atoms. The molecule has 4 N–H and O–H groups in total. The highest BCUT2D eigenvalue weighted by molar-refractivity contribution is 5.95. The predicted molar refractivity (Wildman–Crippen MR) is 109 cm³/mol. The van der Waals surface area contributed by atoms with Gasteiger partial charge in [0, 0.05) is 18.2 Å². The lowest BCUT2D eigenvalue weighted by Crippen LogP contribution is -2.49. The maximum Gasteiger partial charge on any atom is 0.338 e. The first-order valence-electron chi connectivity index (χ1n) is 10.1. The van der Waals surface area contributed by atoms with E-state index in [1.807, 2.05) is 19.1 Å². The van der Waals surface area contributed by atoms with Gasteiger partial charge in [-0.15, -0.1) is 0 Å². The van der Waals surface area contributed by atoms with Crippen LogP contribution in [0.4, 0.5) is 4.79 Å². The van der Waals surface area contributed by atoms with Crippen LogP contribution < -0.4 is 21.1 Å². The number of carbonyl (C=O) groups excluding carboxylic acids is 3. The summed E-state index contributed by atoms with van der Waals surface area (Å²) in [5.41, 5.74) is 7.01. The van der Waals surface area contributed by atoms with Gasteiger partial charge >= 0.3 is 12.0 Å². The lowest BCUT2D eigenvalue weighted by molar-refractivity contribution is -0.136. The van der Waals surface area contributed by atoms with Crippen LogP contribution >= 0.6 is 0 Å². The zero-order valence-corrected chi connectivity index (χ0v) is 17.3. The van der Waals surface area contributed by atoms with Crippen LogP contribution in [0.5, 0.6) is 5.75 Å². The zero-order chi connectivity index (χ0) is 21.7. The van der Waals surface area contributed by atoms with Gasteiger partial charge in [0.05, 0.1) is 25.3 Å². The van der Waals surface area contributed by atoms with E-state index in [2.05, 4.69) is 15.5 Å². The first-order valence-corrected chi connectivity index (χ1v) is 10.1. The van der Waals surface area contributed by atoms with Gasteiger partial charge in [0.15, 0.2) is 0 Å². The average molecular weight is 416 g/mol. The number of nitrogens with zero attached hydrogens (tertiary/aromatic N) is 1. The predicted octanol–water partition coefficient (Wildman–Crippen LogP) is 1.06. The molecule has 1 fully saturated rings. The monoisotopic (exact) mass is 416 g/mol. The third kappa shape index (κ3) is 4.91. The van der Waals surface area contributed by atoms with Crippen molar-refractivity contribution in [2.24, 2.45) is 11.7 Å². The molecule has 0 radical (unpaired) electrons. The van der Waals surface area contributed by atoms with Crippen LogP contribution in [0, 0.1) is 5.92 Å². The van der Waals surface area contributed by atoms with Crippen LogP contribution in [0.1, 0.15) is 31.4 Å². The van der Waals surface area contributed by atoms with E-state index < -0.39 is 12.0 Å². The van der Waals surface area contributed by atoms with E-state index in [-0.39, 0.29) is 17.9 Å². The minimum absolute atomic E-state index is 0.130. The molecule has 0 aromatic heterocycles. The molecule has 0 unspecified atom stereocenters. The Labute approximate surface area is 175 Å². The second-order valence-corrected chi connectivity index (χ2v) is 7.37. The number of urea groups is 1. The third-order valence-electron chi connectivity index (χ3n) is 5.46. The summed E-state index contributed by atoms with van der Waals surface area (Å²) in [7, 11) is 1.32. The summed E-state index contributed by atoms with van der Waals surface area (Å²) in [6.45, 7) is 4.13. The number of nitrogens with two attached hydrogens (primary N) is 1. The molecule has 0 spiro atoms. The second kappa shape index (κ2) is 9.62. The van der Waals surface area contributed by atoms with Gasteiger partial charge < -0.3 is 25.8 Å². The summed E-state index contributed by atoms with van der Waals surface area (Å²) in [4.78, 5) is 38.5. The first-order chi connectivity index (χ1) is 14.4. The molecule has 9 heteroatoms. The molecule has 2 aliphatic heterocycles. The number of hydrogen-bond donors (Lipinski definition) is 3. The Kier molecular flexibility index (Phi) is 6.94. The maximum absolute atomic E-state index is 12.6. The van der Waals surface area contributed by atoms with Crippen molar-refractivity contribution in [1.82, 2.24) is 15.5 Å². The van der Waals surface area contributed by atoms with Gasteiger partial charge in [0.1, 0.15) is 5.75 Å². The Bertz CT molecular complexity index is 828. The molecule has 0 saturated carbocycles. The average Bonchev–Trinajstić information content (AvgIpc) is 2.74. The van der Waals surface area contributed by atoms with Crippen molar-refractivity contribution in [3.05, 3.63) is 41.1 Å². The van der Waals surface area contributed by atoms with Crippen molar-refractivity contribution in [2.75, 3.05) is 33.4 Å². The molecule has 0 aliphatic carbocycles. The van der Waals surface area contributed by atoms with Crippen LogP contribution in [0.25, 0.3) is 0 Å². The molecule has 162 valence electrons. The molecule has 1 saturated heterocycles. The third-order valence-corrected chi connectivity index (χ3v) is 5.46. The Morgan fingerprint density at radius 3 is 2.43 bits per heavy atom.